The van der Waals surface area contributed by atoms with Gasteiger partial charge in [-0.1, -0.05) is 0 Å². The Morgan fingerprint density at radius 2 is 2.33 bits per heavy atom. The van der Waals surface area contributed by atoms with Gasteiger partial charge in [-0.25, -0.2) is 0 Å². The Kier molecular flexibility index (Phi) is 1.75. The third kappa shape index (κ3) is 1.24. The average Bonchev–Trinajstić information content (AvgIpc) is 2.13. The molecular weight excluding hydrogens is 128 g/mol. The van der Waals surface area contributed by atoms with Crippen LogP contribution < -0.4 is 0 Å². The summed E-state index contributed by atoms with van der Waals surface area (Å²) in [5.74, 6) is 0. The zero-order chi connectivity index (χ0) is 6.85. The van der Waals surface area contributed by atoms with Crippen LogP contribution in [-0.4, -0.2) is 23.7 Å². The smallest absolute Gasteiger partial charge is 0.259 e. The molecule has 1 rings (SSSR count). The van der Waals surface area contributed by atoms with E-state index in [1.165, 1.54) is 0 Å². The van der Waals surface area contributed by atoms with Crippen molar-refractivity contribution < 1.29 is 13.7 Å². The van der Waals surface area contributed by atoms with Crippen LogP contribution in [-0.2, 0) is 4.79 Å². The van der Waals surface area contributed by atoms with Crippen molar-refractivity contribution in [3.8, 4) is 0 Å². The van der Waals surface area contributed by atoms with Crippen molar-refractivity contribution in [2.24, 2.45) is 0 Å². The lowest BCUT2D eigenvalue weighted by molar-refractivity contribution is -0.139. The molecule has 0 bridgehead atoms. The Morgan fingerprint density at radius 3 is 2.56 bits per heavy atom. The van der Waals surface area contributed by atoms with Gasteiger partial charge in [0.25, 0.3) is 0 Å². The third-order valence-electron chi connectivity index (χ3n) is 1.45. The first-order valence-corrected chi connectivity index (χ1v) is 2.83. The Labute approximate surface area is 51.4 Å². The van der Waals surface area contributed by atoms with E-state index in [0.717, 1.165) is 0 Å². The molecule has 2 nitrogen and oxygen atoms in total. The summed E-state index contributed by atoms with van der Waals surface area (Å²) in [5, 5.41) is 0.252. The van der Waals surface area contributed by atoms with Gasteiger partial charge < -0.3 is 0 Å². The molecule has 1 fully saturated rings. The predicted molar refractivity (Wildman–Crippen MR) is 27.0 cm³/mol. The maximum Gasteiger partial charge on any atom is 0.321 e. The summed E-state index contributed by atoms with van der Waals surface area (Å²) in [7, 11) is 0. The molecule has 0 aromatic heterocycles. The molecule has 0 radical (unpaired) electrons. The number of halogens is 2. The van der Waals surface area contributed by atoms with E-state index in [1.54, 1.807) is 0 Å². The summed E-state index contributed by atoms with van der Waals surface area (Å²) in [6, 6.07) is -2.67. The molecule has 0 spiro atoms. The molecule has 0 aromatic rings. The maximum atomic E-state index is 12.2. The number of hydrogen-bond donors (Lipinski definition) is 0. The highest BCUT2D eigenvalue weighted by atomic mass is 19.2. The first-order chi connectivity index (χ1) is 4.22. The lowest BCUT2D eigenvalue weighted by Crippen LogP contribution is -2.26. The molecule has 0 saturated carbocycles. The Morgan fingerprint density at radius 1 is 1.67 bits per heavy atom. The van der Waals surface area contributed by atoms with Gasteiger partial charge in [0.1, 0.15) is 6.04 Å². The van der Waals surface area contributed by atoms with Gasteiger partial charge in [-0.3, -0.25) is 4.79 Å². The summed E-state index contributed by atoms with van der Waals surface area (Å²) in [5.41, 5.74) is 0. The summed E-state index contributed by atoms with van der Waals surface area (Å²) < 4.78 is 23.9. The minimum Gasteiger partial charge on any atom is -0.259 e. The fourth-order valence-electron chi connectivity index (χ4n) is 0.955. The van der Waals surface area contributed by atoms with E-state index in [9.17, 15) is 13.7 Å². The minimum atomic E-state index is -1.56. The van der Waals surface area contributed by atoms with E-state index in [0.29, 0.717) is 12.8 Å². The van der Waals surface area contributed by atoms with Crippen LogP contribution in [0.25, 0.3) is 0 Å². The van der Waals surface area contributed by atoms with Crippen LogP contribution in [0.1, 0.15) is 12.8 Å². The van der Waals surface area contributed by atoms with Crippen molar-refractivity contribution in [3.05, 3.63) is 0 Å². The van der Waals surface area contributed by atoms with Gasteiger partial charge in [0, 0.05) is 6.54 Å². The van der Waals surface area contributed by atoms with Gasteiger partial charge in [-0.05, 0) is 12.8 Å². The molecule has 9 heavy (non-hydrogen) atoms. The van der Waals surface area contributed by atoms with Gasteiger partial charge in [0.15, 0.2) is 0 Å². The second-order valence-corrected chi connectivity index (χ2v) is 2.09. The second kappa shape index (κ2) is 2.39. The number of carbonyl (C=O) groups is 1. The molecule has 1 aliphatic heterocycles. The number of nitrogens with zero attached hydrogens (tertiary/aromatic N) is 1. The SMILES string of the molecule is O=C(F)C1CCCN1F. The quantitative estimate of drug-likeness (QED) is 0.392. The molecule has 1 aliphatic rings. The van der Waals surface area contributed by atoms with E-state index < -0.39 is 12.1 Å². The van der Waals surface area contributed by atoms with Gasteiger partial charge in [0.2, 0.25) is 0 Å². The van der Waals surface area contributed by atoms with E-state index in [1.807, 2.05) is 0 Å². The molecule has 1 atom stereocenters. The summed E-state index contributed by atoms with van der Waals surface area (Å²) in [4.78, 5) is 9.91. The highest BCUT2D eigenvalue weighted by molar-refractivity contribution is 5.74. The number of rotatable bonds is 1. The van der Waals surface area contributed by atoms with Crippen molar-refractivity contribution in [1.29, 1.82) is 0 Å². The lowest BCUT2D eigenvalue weighted by atomic mass is 10.2. The van der Waals surface area contributed by atoms with E-state index >= 15 is 0 Å². The first-order valence-electron chi connectivity index (χ1n) is 2.83. The fraction of sp³-hybridized carbons (Fsp3) is 0.800. The zero-order valence-electron chi connectivity index (χ0n) is 4.81. The van der Waals surface area contributed by atoms with E-state index in [4.69, 9.17) is 0 Å². The highest BCUT2D eigenvalue weighted by Gasteiger charge is 2.30. The molecule has 0 aromatic carbocycles. The predicted octanol–water partition coefficient (Wildman–Crippen LogP) is 0.831. The molecule has 4 heteroatoms. The molecule has 0 aliphatic carbocycles. The fourth-order valence-corrected chi connectivity index (χ4v) is 0.955. The lowest BCUT2D eigenvalue weighted by Gasteiger charge is -2.06. The second-order valence-electron chi connectivity index (χ2n) is 2.09. The first kappa shape index (κ1) is 6.61. The average molecular weight is 135 g/mol. The van der Waals surface area contributed by atoms with Crippen LogP contribution in [0.4, 0.5) is 8.87 Å². The number of carbonyl (C=O) groups excluding carboxylic acids is 1. The van der Waals surface area contributed by atoms with Crippen molar-refractivity contribution in [2.45, 2.75) is 18.9 Å². The van der Waals surface area contributed by atoms with Gasteiger partial charge >= 0.3 is 6.04 Å². The van der Waals surface area contributed by atoms with E-state index in [-0.39, 0.29) is 11.7 Å². The zero-order valence-corrected chi connectivity index (χ0v) is 4.81. The summed E-state index contributed by atoms with van der Waals surface area (Å²) in [6.07, 6.45) is 0.878. The van der Waals surface area contributed by atoms with Gasteiger partial charge in [-0.2, -0.15) is 4.39 Å². The van der Waals surface area contributed by atoms with Crippen molar-refractivity contribution in [3.63, 3.8) is 0 Å². The topological polar surface area (TPSA) is 20.3 Å². The standard InChI is InChI=1S/C5H7F2NO/c6-5(9)4-2-1-3-8(4)7/h4H,1-3H2. The van der Waals surface area contributed by atoms with Crippen LogP contribution in [0, 0.1) is 0 Å². The Hall–Kier alpha value is -0.510. The van der Waals surface area contributed by atoms with Crippen LogP contribution in [0.5, 0.6) is 0 Å². The molecule has 1 unspecified atom stereocenters. The molecular formula is C5H7F2NO. The minimum absolute atomic E-state index is 0.181. The van der Waals surface area contributed by atoms with Crippen molar-refractivity contribution in [1.82, 2.24) is 5.12 Å². The monoisotopic (exact) mass is 135 g/mol. The van der Waals surface area contributed by atoms with Gasteiger partial charge in [-0.15, -0.1) is 9.60 Å². The molecule has 52 valence electrons. The summed E-state index contributed by atoms with van der Waals surface area (Å²) >= 11 is 0. The highest BCUT2D eigenvalue weighted by Crippen LogP contribution is 2.17. The maximum absolute atomic E-state index is 12.2. The van der Waals surface area contributed by atoms with Crippen LogP contribution in [0.15, 0.2) is 0 Å². The number of hydrogen-bond acceptors (Lipinski definition) is 2. The molecule has 1 saturated heterocycles. The summed E-state index contributed by atoms with van der Waals surface area (Å²) in [6.45, 7) is 0.181. The van der Waals surface area contributed by atoms with E-state index in [2.05, 4.69) is 0 Å². The van der Waals surface area contributed by atoms with Crippen molar-refractivity contribution >= 4 is 6.04 Å². The van der Waals surface area contributed by atoms with Crippen LogP contribution in [0.3, 0.4) is 0 Å². The van der Waals surface area contributed by atoms with Gasteiger partial charge in [0.05, 0.1) is 0 Å². The Balaban J connectivity index is 2.49. The Bertz CT molecular complexity index is 128. The van der Waals surface area contributed by atoms with Crippen molar-refractivity contribution in [2.75, 3.05) is 6.54 Å². The van der Waals surface area contributed by atoms with Crippen LogP contribution >= 0.6 is 0 Å². The largest absolute Gasteiger partial charge is 0.321 e. The molecule has 0 amide bonds. The van der Waals surface area contributed by atoms with Crippen LogP contribution in [0.2, 0.25) is 0 Å². The normalized spacial score (nSPS) is 28.9. The molecule has 0 N–H and O–H groups in total. The molecule has 1 heterocycles. The third-order valence-corrected chi connectivity index (χ3v) is 1.45.